The van der Waals surface area contributed by atoms with E-state index in [-0.39, 0.29) is 5.91 Å². The Labute approximate surface area is 162 Å². The summed E-state index contributed by atoms with van der Waals surface area (Å²) >= 11 is 0. The Morgan fingerprint density at radius 3 is 2.44 bits per heavy atom. The molecular formula is C22H33NO4. The summed E-state index contributed by atoms with van der Waals surface area (Å²) < 4.78 is 5.16. The van der Waals surface area contributed by atoms with Gasteiger partial charge in [-0.1, -0.05) is 38.3 Å². The minimum Gasteiger partial charge on any atom is -0.497 e. The molecule has 1 fully saturated rings. The molecule has 0 saturated heterocycles. The van der Waals surface area contributed by atoms with Gasteiger partial charge >= 0.3 is 5.97 Å². The molecule has 5 nitrogen and oxygen atoms in total. The topological polar surface area (TPSA) is 75.6 Å². The Bertz CT molecular complexity index is 605. The lowest BCUT2D eigenvalue weighted by Crippen LogP contribution is -2.42. The van der Waals surface area contributed by atoms with Crippen molar-refractivity contribution >= 4 is 11.9 Å². The van der Waals surface area contributed by atoms with Gasteiger partial charge < -0.3 is 15.2 Å². The molecule has 1 saturated carbocycles. The smallest absolute Gasteiger partial charge is 0.306 e. The van der Waals surface area contributed by atoms with Crippen LogP contribution in [0.3, 0.4) is 0 Å². The molecule has 1 aliphatic rings. The number of hydrogen-bond donors (Lipinski definition) is 2. The molecular weight excluding hydrogens is 342 g/mol. The lowest BCUT2D eigenvalue weighted by molar-refractivity contribution is -0.144. The second kappa shape index (κ2) is 10.3. The number of carboxylic acids is 1. The highest BCUT2D eigenvalue weighted by Crippen LogP contribution is 2.44. The van der Waals surface area contributed by atoms with E-state index in [0.29, 0.717) is 19.4 Å². The molecule has 2 N–H and O–H groups in total. The quantitative estimate of drug-likeness (QED) is 0.569. The van der Waals surface area contributed by atoms with Crippen LogP contribution in [0.1, 0.15) is 63.9 Å². The summed E-state index contributed by atoms with van der Waals surface area (Å²) in [6.07, 6.45) is 7.35. The zero-order valence-electron chi connectivity index (χ0n) is 16.6. The minimum absolute atomic E-state index is 0.0529. The Morgan fingerprint density at radius 2 is 1.89 bits per heavy atom. The third-order valence-electron chi connectivity index (χ3n) is 5.75. The summed E-state index contributed by atoms with van der Waals surface area (Å²) in [6.45, 7) is 2.62. The summed E-state index contributed by atoms with van der Waals surface area (Å²) in [5.74, 6) is -0.291. The second-order valence-corrected chi connectivity index (χ2v) is 7.72. The number of rotatable bonds is 11. The Balaban J connectivity index is 1.86. The first-order valence-corrected chi connectivity index (χ1v) is 10.1. The van der Waals surface area contributed by atoms with Gasteiger partial charge in [-0.15, -0.1) is 0 Å². The fraction of sp³-hybridized carbons (Fsp3) is 0.636. The summed E-state index contributed by atoms with van der Waals surface area (Å²) in [6, 6.07) is 7.98. The van der Waals surface area contributed by atoms with Crippen molar-refractivity contribution in [3.63, 3.8) is 0 Å². The third kappa shape index (κ3) is 5.98. The van der Waals surface area contributed by atoms with Crippen molar-refractivity contribution in [1.29, 1.82) is 0 Å². The van der Waals surface area contributed by atoms with Crippen LogP contribution in [-0.2, 0) is 16.0 Å². The van der Waals surface area contributed by atoms with Crippen LogP contribution in [0.15, 0.2) is 24.3 Å². The Morgan fingerprint density at radius 1 is 1.22 bits per heavy atom. The number of methoxy groups -OCH3 is 1. The van der Waals surface area contributed by atoms with E-state index >= 15 is 0 Å². The van der Waals surface area contributed by atoms with Crippen molar-refractivity contribution in [2.24, 2.45) is 11.3 Å². The molecule has 0 aromatic heterocycles. The molecule has 0 bridgehead atoms. The minimum atomic E-state index is -0.768. The first kappa shape index (κ1) is 21.3. The normalized spacial score (nSPS) is 16.7. The van der Waals surface area contributed by atoms with E-state index < -0.39 is 17.3 Å². The Kier molecular flexibility index (Phi) is 8.14. The van der Waals surface area contributed by atoms with E-state index in [1.165, 1.54) is 5.56 Å². The van der Waals surface area contributed by atoms with E-state index in [1.54, 1.807) is 7.11 Å². The van der Waals surface area contributed by atoms with Gasteiger partial charge in [0.25, 0.3) is 0 Å². The number of carbonyl (C=O) groups is 2. The van der Waals surface area contributed by atoms with Crippen molar-refractivity contribution in [3.05, 3.63) is 29.8 Å². The Hall–Kier alpha value is -2.04. The average molecular weight is 376 g/mol. The standard InChI is InChI=1S/C22H33NO4/c1-3-7-18(20(24)25)16-22(13-4-5-14-22)21(26)23-15-6-8-17-9-11-19(27-2)12-10-17/h9-12,18H,3-8,13-16H2,1-2H3,(H,23,26)(H,24,25)/t18-/m1/s1. The van der Waals surface area contributed by atoms with Crippen LogP contribution in [0.25, 0.3) is 0 Å². The fourth-order valence-electron chi connectivity index (χ4n) is 4.18. The second-order valence-electron chi connectivity index (χ2n) is 7.72. The lowest BCUT2D eigenvalue weighted by Gasteiger charge is -2.30. The number of carboxylic acid groups (broad SMARTS) is 1. The van der Waals surface area contributed by atoms with Crippen LogP contribution in [0.2, 0.25) is 0 Å². The van der Waals surface area contributed by atoms with Gasteiger partial charge in [-0.3, -0.25) is 9.59 Å². The van der Waals surface area contributed by atoms with Gasteiger partial charge in [0.15, 0.2) is 0 Å². The predicted octanol–water partition coefficient (Wildman–Crippen LogP) is 4.20. The number of carbonyl (C=O) groups excluding carboxylic acids is 1. The van der Waals surface area contributed by atoms with E-state index in [4.69, 9.17) is 4.74 Å². The molecule has 1 aromatic rings. The van der Waals surface area contributed by atoms with E-state index in [9.17, 15) is 14.7 Å². The van der Waals surface area contributed by atoms with Gasteiger partial charge in [0.05, 0.1) is 13.0 Å². The number of aryl methyl sites for hydroxylation is 1. The monoisotopic (exact) mass is 375 g/mol. The van der Waals surface area contributed by atoms with Gasteiger partial charge in [0.2, 0.25) is 5.91 Å². The number of aliphatic carboxylic acids is 1. The van der Waals surface area contributed by atoms with Crippen LogP contribution >= 0.6 is 0 Å². The van der Waals surface area contributed by atoms with Crippen molar-refractivity contribution < 1.29 is 19.4 Å². The third-order valence-corrected chi connectivity index (χ3v) is 5.75. The SMILES string of the molecule is CCC[C@H](CC1(C(=O)NCCCc2ccc(OC)cc2)CCCC1)C(=O)O. The molecule has 0 aliphatic heterocycles. The van der Waals surface area contributed by atoms with E-state index in [1.807, 2.05) is 31.2 Å². The van der Waals surface area contributed by atoms with Crippen molar-refractivity contribution in [3.8, 4) is 5.75 Å². The van der Waals surface area contributed by atoms with Crippen LogP contribution in [-0.4, -0.2) is 30.6 Å². The lowest BCUT2D eigenvalue weighted by atomic mass is 9.75. The summed E-state index contributed by atoms with van der Waals surface area (Å²) in [5.41, 5.74) is 0.729. The molecule has 1 amide bonds. The zero-order valence-corrected chi connectivity index (χ0v) is 16.6. The summed E-state index contributed by atoms with van der Waals surface area (Å²) in [4.78, 5) is 24.5. The molecule has 0 unspecified atom stereocenters. The number of amides is 1. The van der Waals surface area contributed by atoms with Crippen LogP contribution in [0.5, 0.6) is 5.75 Å². The zero-order chi connectivity index (χ0) is 19.7. The molecule has 2 rings (SSSR count). The van der Waals surface area contributed by atoms with E-state index in [2.05, 4.69) is 5.32 Å². The molecule has 27 heavy (non-hydrogen) atoms. The highest BCUT2D eigenvalue weighted by molar-refractivity contribution is 5.83. The van der Waals surface area contributed by atoms with Crippen molar-refractivity contribution in [1.82, 2.24) is 5.32 Å². The number of nitrogens with one attached hydrogen (secondary N) is 1. The molecule has 5 heteroatoms. The number of hydrogen-bond acceptors (Lipinski definition) is 3. The number of ether oxygens (including phenoxy) is 1. The molecule has 1 aromatic carbocycles. The highest BCUT2D eigenvalue weighted by Gasteiger charge is 2.43. The molecule has 1 aliphatic carbocycles. The maximum atomic E-state index is 12.9. The van der Waals surface area contributed by atoms with Gasteiger partial charge in [0.1, 0.15) is 5.75 Å². The first-order valence-electron chi connectivity index (χ1n) is 10.1. The van der Waals surface area contributed by atoms with Gasteiger partial charge in [-0.25, -0.2) is 0 Å². The first-order chi connectivity index (χ1) is 13.0. The largest absolute Gasteiger partial charge is 0.497 e. The predicted molar refractivity (Wildman–Crippen MR) is 106 cm³/mol. The van der Waals surface area contributed by atoms with Crippen LogP contribution in [0.4, 0.5) is 0 Å². The van der Waals surface area contributed by atoms with Crippen molar-refractivity contribution in [2.75, 3.05) is 13.7 Å². The fourth-order valence-corrected chi connectivity index (χ4v) is 4.18. The molecule has 0 spiro atoms. The molecule has 0 radical (unpaired) electrons. The van der Waals surface area contributed by atoms with Gasteiger partial charge in [0, 0.05) is 12.0 Å². The maximum absolute atomic E-state index is 12.9. The van der Waals surface area contributed by atoms with Crippen molar-refractivity contribution in [2.45, 2.75) is 64.7 Å². The summed E-state index contributed by atoms with van der Waals surface area (Å²) in [7, 11) is 1.65. The number of benzene rings is 1. The molecule has 150 valence electrons. The molecule has 0 heterocycles. The van der Waals surface area contributed by atoms with Crippen LogP contribution in [0, 0.1) is 11.3 Å². The average Bonchev–Trinajstić information content (AvgIpc) is 3.15. The highest BCUT2D eigenvalue weighted by atomic mass is 16.5. The molecule has 1 atom stereocenters. The summed E-state index contributed by atoms with van der Waals surface area (Å²) in [5, 5.41) is 12.6. The van der Waals surface area contributed by atoms with Crippen LogP contribution < -0.4 is 10.1 Å². The van der Waals surface area contributed by atoms with Gasteiger partial charge in [-0.05, 0) is 56.2 Å². The van der Waals surface area contributed by atoms with E-state index in [0.717, 1.165) is 50.7 Å². The maximum Gasteiger partial charge on any atom is 0.306 e. The van der Waals surface area contributed by atoms with Gasteiger partial charge in [-0.2, -0.15) is 0 Å².